The Labute approximate surface area is 110 Å². The molecule has 1 aromatic heterocycles. The normalized spacial score (nSPS) is 11.9. The molecule has 0 spiro atoms. The van der Waals surface area contributed by atoms with Gasteiger partial charge in [-0.3, -0.25) is 9.78 Å². The summed E-state index contributed by atoms with van der Waals surface area (Å²) in [5, 5.41) is 2.86. The van der Waals surface area contributed by atoms with Crippen LogP contribution in [-0.4, -0.2) is 29.4 Å². The lowest BCUT2D eigenvalue weighted by Crippen LogP contribution is -2.26. The number of carbonyl (C=O) groups excluding carboxylic acids is 1. The molecule has 17 heavy (non-hydrogen) atoms. The third kappa shape index (κ3) is 4.34. The van der Waals surface area contributed by atoms with Crippen molar-refractivity contribution in [1.82, 2.24) is 10.3 Å². The van der Waals surface area contributed by atoms with Crippen LogP contribution in [0.3, 0.4) is 0 Å². The summed E-state index contributed by atoms with van der Waals surface area (Å²) in [6.45, 7) is 2.75. The number of aromatic nitrogens is 1. The highest BCUT2D eigenvalue weighted by Crippen LogP contribution is 2.15. The Morgan fingerprint density at radius 1 is 1.65 bits per heavy atom. The molecule has 1 rings (SSSR count). The maximum atomic E-state index is 11.9. The van der Waals surface area contributed by atoms with Crippen molar-refractivity contribution in [1.29, 1.82) is 0 Å². The number of methoxy groups -OCH3 is 1. The standard InChI is InChI=1S/C12H17BrN2O2/c1-3-9(13)4-7-15-12(16)10-5-6-14-8-11(10)17-2/h5-6,8-9H,3-4,7H2,1-2H3,(H,15,16). The number of amides is 1. The van der Waals surface area contributed by atoms with Crippen LogP contribution < -0.4 is 10.1 Å². The van der Waals surface area contributed by atoms with Crippen molar-refractivity contribution in [2.24, 2.45) is 0 Å². The van der Waals surface area contributed by atoms with Crippen molar-refractivity contribution in [3.63, 3.8) is 0 Å². The molecule has 1 aromatic rings. The van der Waals surface area contributed by atoms with Crippen molar-refractivity contribution >= 4 is 21.8 Å². The van der Waals surface area contributed by atoms with Gasteiger partial charge in [0.05, 0.1) is 18.9 Å². The van der Waals surface area contributed by atoms with Gasteiger partial charge in [-0.15, -0.1) is 0 Å². The van der Waals surface area contributed by atoms with Gasteiger partial charge in [0, 0.05) is 17.6 Å². The van der Waals surface area contributed by atoms with Crippen LogP contribution in [0.15, 0.2) is 18.5 Å². The molecule has 1 heterocycles. The smallest absolute Gasteiger partial charge is 0.255 e. The first kappa shape index (κ1) is 14.0. The van der Waals surface area contributed by atoms with Gasteiger partial charge in [-0.05, 0) is 18.9 Å². The molecule has 5 heteroatoms. The van der Waals surface area contributed by atoms with Gasteiger partial charge >= 0.3 is 0 Å². The van der Waals surface area contributed by atoms with Gasteiger partial charge in [-0.1, -0.05) is 22.9 Å². The molecule has 0 aliphatic carbocycles. The Kier molecular flexibility index (Phi) is 5.97. The van der Waals surface area contributed by atoms with Crippen molar-refractivity contribution in [3.05, 3.63) is 24.0 Å². The number of hydrogen-bond acceptors (Lipinski definition) is 3. The van der Waals surface area contributed by atoms with Crippen molar-refractivity contribution in [2.75, 3.05) is 13.7 Å². The molecule has 0 fully saturated rings. The zero-order valence-corrected chi connectivity index (χ0v) is 11.7. The van der Waals surface area contributed by atoms with E-state index in [1.807, 2.05) is 0 Å². The minimum atomic E-state index is -0.125. The summed E-state index contributed by atoms with van der Waals surface area (Å²) < 4.78 is 5.08. The number of carbonyl (C=O) groups is 1. The van der Waals surface area contributed by atoms with Gasteiger partial charge in [0.2, 0.25) is 0 Å². The number of nitrogens with one attached hydrogen (secondary N) is 1. The summed E-state index contributed by atoms with van der Waals surface area (Å²) in [5.41, 5.74) is 0.519. The van der Waals surface area contributed by atoms with Crippen LogP contribution in [0.4, 0.5) is 0 Å². The second-order valence-electron chi connectivity index (χ2n) is 3.63. The molecule has 94 valence electrons. The SMILES string of the molecule is CCC(Br)CCNC(=O)c1ccncc1OC. The van der Waals surface area contributed by atoms with Gasteiger partial charge in [-0.25, -0.2) is 0 Å². The average molecular weight is 301 g/mol. The number of alkyl halides is 1. The number of ether oxygens (including phenoxy) is 1. The van der Waals surface area contributed by atoms with Crippen LogP contribution in [0.2, 0.25) is 0 Å². The lowest BCUT2D eigenvalue weighted by atomic mass is 10.2. The van der Waals surface area contributed by atoms with Crippen molar-refractivity contribution in [2.45, 2.75) is 24.6 Å². The minimum Gasteiger partial charge on any atom is -0.494 e. The van der Waals surface area contributed by atoms with E-state index in [0.717, 1.165) is 12.8 Å². The molecule has 1 unspecified atom stereocenters. The van der Waals surface area contributed by atoms with E-state index in [2.05, 4.69) is 33.2 Å². The lowest BCUT2D eigenvalue weighted by molar-refractivity contribution is 0.0950. The summed E-state index contributed by atoms with van der Waals surface area (Å²) in [5.74, 6) is 0.371. The Balaban J connectivity index is 2.52. The van der Waals surface area contributed by atoms with Gasteiger partial charge < -0.3 is 10.1 Å². The average Bonchev–Trinajstić information content (AvgIpc) is 2.38. The fraction of sp³-hybridized carbons (Fsp3) is 0.500. The largest absolute Gasteiger partial charge is 0.494 e. The zero-order valence-electron chi connectivity index (χ0n) is 10.1. The fourth-order valence-electron chi connectivity index (χ4n) is 1.37. The van der Waals surface area contributed by atoms with Gasteiger partial charge in [0.1, 0.15) is 5.75 Å². The monoisotopic (exact) mass is 300 g/mol. The molecule has 0 aliphatic heterocycles. The highest BCUT2D eigenvalue weighted by molar-refractivity contribution is 9.09. The number of halogens is 1. The summed E-state index contributed by atoms with van der Waals surface area (Å²) in [6, 6.07) is 1.65. The molecule has 0 saturated carbocycles. The topological polar surface area (TPSA) is 51.2 Å². The summed E-state index contributed by atoms with van der Waals surface area (Å²) in [6.07, 6.45) is 5.08. The first-order valence-corrected chi connectivity index (χ1v) is 6.50. The number of rotatable bonds is 6. The fourth-order valence-corrected chi connectivity index (χ4v) is 1.60. The summed E-state index contributed by atoms with van der Waals surface area (Å²) in [7, 11) is 1.53. The van der Waals surface area contributed by atoms with E-state index in [1.54, 1.807) is 12.3 Å². The van der Waals surface area contributed by atoms with Crippen LogP contribution in [0.5, 0.6) is 5.75 Å². The predicted molar refractivity (Wildman–Crippen MR) is 70.7 cm³/mol. The van der Waals surface area contributed by atoms with Crippen LogP contribution in [0, 0.1) is 0 Å². The van der Waals surface area contributed by atoms with E-state index in [4.69, 9.17) is 4.74 Å². The van der Waals surface area contributed by atoms with E-state index in [-0.39, 0.29) is 5.91 Å². The van der Waals surface area contributed by atoms with Crippen molar-refractivity contribution in [3.8, 4) is 5.75 Å². The molecule has 4 nitrogen and oxygen atoms in total. The molecule has 0 saturated heterocycles. The molecular weight excluding hydrogens is 284 g/mol. The first-order chi connectivity index (χ1) is 8.19. The van der Waals surface area contributed by atoms with Crippen LogP contribution >= 0.6 is 15.9 Å². The van der Waals surface area contributed by atoms with E-state index >= 15 is 0 Å². The Hall–Kier alpha value is -1.10. The second-order valence-corrected chi connectivity index (χ2v) is 4.92. The van der Waals surface area contributed by atoms with E-state index in [1.165, 1.54) is 13.3 Å². The van der Waals surface area contributed by atoms with Crippen molar-refractivity contribution < 1.29 is 9.53 Å². The molecule has 0 bridgehead atoms. The lowest BCUT2D eigenvalue weighted by Gasteiger charge is -2.10. The molecule has 0 aromatic carbocycles. The third-order valence-corrected chi connectivity index (χ3v) is 3.54. The van der Waals surface area contributed by atoms with Crippen LogP contribution in [-0.2, 0) is 0 Å². The maximum absolute atomic E-state index is 11.9. The Bertz CT molecular complexity index is 371. The Morgan fingerprint density at radius 2 is 2.41 bits per heavy atom. The van der Waals surface area contributed by atoms with Crippen LogP contribution in [0.1, 0.15) is 30.1 Å². The molecule has 0 radical (unpaired) electrons. The van der Waals surface area contributed by atoms with Crippen LogP contribution in [0.25, 0.3) is 0 Å². The summed E-state index contributed by atoms with van der Waals surface area (Å²) in [4.78, 5) is 16.2. The first-order valence-electron chi connectivity index (χ1n) is 5.59. The molecule has 0 aliphatic rings. The molecule has 1 amide bonds. The highest BCUT2D eigenvalue weighted by Gasteiger charge is 2.11. The van der Waals surface area contributed by atoms with Gasteiger partial charge in [0.25, 0.3) is 5.91 Å². The number of nitrogens with zero attached hydrogens (tertiary/aromatic N) is 1. The predicted octanol–water partition coefficient (Wildman–Crippen LogP) is 2.38. The quantitative estimate of drug-likeness (QED) is 0.821. The number of pyridine rings is 1. The zero-order chi connectivity index (χ0) is 12.7. The Morgan fingerprint density at radius 3 is 3.06 bits per heavy atom. The number of hydrogen-bond donors (Lipinski definition) is 1. The van der Waals surface area contributed by atoms with E-state index in [0.29, 0.717) is 22.7 Å². The minimum absolute atomic E-state index is 0.125. The maximum Gasteiger partial charge on any atom is 0.255 e. The molecular formula is C12H17BrN2O2. The van der Waals surface area contributed by atoms with Gasteiger partial charge in [-0.2, -0.15) is 0 Å². The molecule has 1 atom stereocenters. The molecule has 1 N–H and O–H groups in total. The third-order valence-electron chi connectivity index (χ3n) is 2.44. The van der Waals surface area contributed by atoms with Gasteiger partial charge in [0.15, 0.2) is 0 Å². The highest BCUT2D eigenvalue weighted by atomic mass is 79.9. The van der Waals surface area contributed by atoms with E-state index in [9.17, 15) is 4.79 Å². The second kappa shape index (κ2) is 7.27. The van der Waals surface area contributed by atoms with E-state index < -0.39 is 0 Å². The summed E-state index contributed by atoms with van der Waals surface area (Å²) >= 11 is 3.53.